The summed E-state index contributed by atoms with van der Waals surface area (Å²) in [5, 5.41) is 6.15. The van der Waals surface area contributed by atoms with E-state index in [1.165, 1.54) is 6.26 Å². The van der Waals surface area contributed by atoms with Gasteiger partial charge in [0.15, 0.2) is 5.82 Å². The number of carbonyl (C=O) groups is 2. The second kappa shape index (κ2) is 5.97. The van der Waals surface area contributed by atoms with Gasteiger partial charge in [0.25, 0.3) is 0 Å². The zero-order chi connectivity index (χ0) is 15.5. The highest BCUT2D eigenvalue weighted by atomic mass is 16.5. The molecule has 0 saturated carbocycles. The van der Waals surface area contributed by atoms with E-state index < -0.39 is 11.8 Å². The molecule has 0 aromatic carbocycles. The number of likely N-dealkylation sites (tertiary alicyclic amines) is 1. The number of nitrogens with zero attached hydrogens (tertiary/aromatic N) is 3. The molecule has 1 atom stereocenters. The second-order valence-corrected chi connectivity index (χ2v) is 5.24. The molecule has 0 aliphatic carbocycles. The zero-order valence-corrected chi connectivity index (χ0v) is 12.2. The molecule has 7 nitrogen and oxygen atoms in total. The smallest absolute Gasteiger partial charge is 0.315 e. The SMILES string of the molecule is Cc1conc1NC(=O)C(=O)N1CCC[C@H]1c1ccncc1. The fourth-order valence-corrected chi connectivity index (χ4v) is 2.64. The highest BCUT2D eigenvalue weighted by molar-refractivity contribution is 6.39. The van der Waals surface area contributed by atoms with E-state index in [0.29, 0.717) is 12.1 Å². The van der Waals surface area contributed by atoms with Gasteiger partial charge in [-0.3, -0.25) is 19.9 Å². The van der Waals surface area contributed by atoms with Crippen LogP contribution in [0.15, 0.2) is 35.3 Å². The predicted molar refractivity (Wildman–Crippen MR) is 77.8 cm³/mol. The number of hydrogen-bond donors (Lipinski definition) is 1. The van der Waals surface area contributed by atoms with Crippen molar-refractivity contribution in [3.05, 3.63) is 41.9 Å². The first-order valence-corrected chi connectivity index (χ1v) is 7.09. The third-order valence-electron chi connectivity index (χ3n) is 3.78. The van der Waals surface area contributed by atoms with Gasteiger partial charge < -0.3 is 9.42 Å². The Hall–Kier alpha value is -2.70. The molecule has 2 aromatic heterocycles. The first-order valence-electron chi connectivity index (χ1n) is 7.09. The molecule has 1 saturated heterocycles. The fraction of sp³-hybridized carbons (Fsp3) is 0.333. The van der Waals surface area contributed by atoms with Crippen molar-refractivity contribution in [3.63, 3.8) is 0 Å². The van der Waals surface area contributed by atoms with Crippen LogP contribution in [0.25, 0.3) is 0 Å². The van der Waals surface area contributed by atoms with Crippen molar-refractivity contribution in [2.75, 3.05) is 11.9 Å². The van der Waals surface area contributed by atoms with E-state index in [1.807, 2.05) is 12.1 Å². The van der Waals surface area contributed by atoms with Crippen molar-refractivity contribution >= 4 is 17.6 Å². The van der Waals surface area contributed by atoms with Crippen LogP contribution in [0, 0.1) is 6.92 Å². The van der Waals surface area contributed by atoms with Crippen LogP contribution in [0.3, 0.4) is 0 Å². The molecule has 1 fully saturated rings. The Morgan fingerprint density at radius 1 is 1.36 bits per heavy atom. The van der Waals surface area contributed by atoms with E-state index in [2.05, 4.69) is 15.5 Å². The van der Waals surface area contributed by atoms with Gasteiger partial charge in [0.1, 0.15) is 6.26 Å². The van der Waals surface area contributed by atoms with Crippen LogP contribution in [-0.2, 0) is 9.59 Å². The number of carbonyl (C=O) groups excluding carboxylic acids is 2. The fourth-order valence-electron chi connectivity index (χ4n) is 2.64. The van der Waals surface area contributed by atoms with Gasteiger partial charge in [0.05, 0.1) is 6.04 Å². The number of aromatic nitrogens is 2. The number of amides is 2. The van der Waals surface area contributed by atoms with Crippen molar-refractivity contribution < 1.29 is 14.1 Å². The Bertz CT molecular complexity index is 683. The van der Waals surface area contributed by atoms with Crippen LogP contribution in [0.2, 0.25) is 0 Å². The van der Waals surface area contributed by atoms with E-state index >= 15 is 0 Å². The van der Waals surface area contributed by atoms with Crippen molar-refractivity contribution in [1.82, 2.24) is 15.0 Å². The lowest BCUT2D eigenvalue weighted by atomic mass is 10.1. The van der Waals surface area contributed by atoms with Gasteiger partial charge in [-0.05, 0) is 37.5 Å². The number of pyridine rings is 1. The zero-order valence-electron chi connectivity index (χ0n) is 12.2. The summed E-state index contributed by atoms with van der Waals surface area (Å²) in [6, 6.07) is 3.66. The predicted octanol–water partition coefficient (Wildman–Crippen LogP) is 1.68. The summed E-state index contributed by atoms with van der Waals surface area (Å²) >= 11 is 0. The van der Waals surface area contributed by atoms with Gasteiger partial charge in [-0.1, -0.05) is 5.16 Å². The van der Waals surface area contributed by atoms with Gasteiger partial charge in [-0.2, -0.15) is 0 Å². The Kier molecular flexibility index (Phi) is 3.86. The van der Waals surface area contributed by atoms with Gasteiger partial charge >= 0.3 is 11.8 Å². The molecule has 0 unspecified atom stereocenters. The Morgan fingerprint density at radius 2 is 2.14 bits per heavy atom. The lowest BCUT2D eigenvalue weighted by Crippen LogP contribution is -2.39. The molecule has 114 valence electrons. The first kappa shape index (κ1) is 14.2. The lowest BCUT2D eigenvalue weighted by Gasteiger charge is -2.24. The van der Waals surface area contributed by atoms with Gasteiger partial charge in [-0.25, -0.2) is 0 Å². The van der Waals surface area contributed by atoms with Crippen LogP contribution in [0.5, 0.6) is 0 Å². The van der Waals surface area contributed by atoms with E-state index in [0.717, 1.165) is 18.4 Å². The molecule has 7 heteroatoms. The van der Waals surface area contributed by atoms with Gasteiger partial charge in [0.2, 0.25) is 0 Å². The molecule has 2 aromatic rings. The highest BCUT2D eigenvalue weighted by Crippen LogP contribution is 2.31. The molecular weight excluding hydrogens is 284 g/mol. The van der Waals surface area contributed by atoms with Gasteiger partial charge in [0, 0.05) is 24.5 Å². The molecule has 22 heavy (non-hydrogen) atoms. The standard InChI is InChI=1S/C15H16N4O3/c1-10-9-22-18-13(10)17-14(20)15(21)19-8-2-3-12(19)11-4-6-16-7-5-11/h4-7,9,12H,2-3,8H2,1H3,(H,17,18,20)/t12-/m0/s1. The summed E-state index contributed by atoms with van der Waals surface area (Å²) in [5.74, 6) is -0.974. The van der Waals surface area contributed by atoms with Crippen LogP contribution < -0.4 is 5.32 Å². The van der Waals surface area contributed by atoms with Crippen molar-refractivity contribution in [1.29, 1.82) is 0 Å². The molecule has 0 radical (unpaired) electrons. The lowest BCUT2D eigenvalue weighted by molar-refractivity contribution is -0.143. The summed E-state index contributed by atoms with van der Waals surface area (Å²) < 4.78 is 4.75. The average Bonchev–Trinajstić information content (AvgIpc) is 3.17. The molecule has 1 N–H and O–H groups in total. The maximum absolute atomic E-state index is 12.4. The topological polar surface area (TPSA) is 88.3 Å². The van der Waals surface area contributed by atoms with Gasteiger partial charge in [-0.15, -0.1) is 0 Å². The normalized spacial score (nSPS) is 17.5. The van der Waals surface area contributed by atoms with Crippen LogP contribution in [0.1, 0.15) is 30.0 Å². The second-order valence-electron chi connectivity index (χ2n) is 5.24. The minimum atomic E-state index is -0.696. The monoisotopic (exact) mass is 300 g/mol. The minimum Gasteiger partial charge on any atom is -0.362 e. The summed E-state index contributed by atoms with van der Waals surface area (Å²) in [4.78, 5) is 30.1. The maximum atomic E-state index is 12.4. The van der Waals surface area contributed by atoms with Crippen molar-refractivity contribution in [2.24, 2.45) is 0 Å². The van der Waals surface area contributed by atoms with Crippen LogP contribution >= 0.6 is 0 Å². The third-order valence-corrected chi connectivity index (χ3v) is 3.78. The first-order chi connectivity index (χ1) is 10.7. The van der Waals surface area contributed by atoms with E-state index in [9.17, 15) is 9.59 Å². The Morgan fingerprint density at radius 3 is 2.82 bits per heavy atom. The van der Waals surface area contributed by atoms with E-state index in [4.69, 9.17) is 4.52 Å². The minimum absolute atomic E-state index is 0.0837. The number of hydrogen-bond acceptors (Lipinski definition) is 5. The summed E-state index contributed by atoms with van der Waals surface area (Å²) in [5.41, 5.74) is 1.67. The number of nitrogens with one attached hydrogen (secondary N) is 1. The van der Waals surface area contributed by atoms with Crippen molar-refractivity contribution in [3.8, 4) is 0 Å². The molecule has 3 heterocycles. The molecule has 0 spiro atoms. The Labute approximate surface area is 127 Å². The largest absolute Gasteiger partial charge is 0.362 e. The van der Waals surface area contributed by atoms with E-state index in [-0.39, 0.29) is 11.9 Å². The molecule has 1 aliphatic heterocycles. The molecular formula is C15H16N4O3. The Balaban J connectivity index is 1.73. The van der Waals surface area contributed by atoms with Crippen molar-refractivity contribution in [2.45, 2.75) is 25.8 Å². The number of rotatable bonds is 2. The summed E-state index contributed by atoms with van der Waals surface area (Å²) in [6.45, 7) is 2.31. The highest BCUT2D eigenvalue weighted by Gasteiger charge is 2.33. The number of anilines is 1. The van der Waals surface area contributed by atoms with Crippen LogP contribution in [0.4, 0.5) is 5.82 Å². The maximum Gasteiger partial charge on any atom is 0.315 e. The molecule has 1 aliphatic rings. The molecule has 2 amide bonds. The van der Waals surface area contributed by atoms with E-state index in [1.54, 1.807) is 24.2 Å². The average molecular weight is 300 g/mol. The summed E-state index contributed by atoms with van der Waals surface area (Å²) in [7, 11) is 0. The van der Waals surface area contributed by atoms with Crippen LogP contribution in [-0.4, -0.2) is 33.4 Å². The number of aryl methyl sites for hydroxylation is 1. The third kappa shape index (κ3) is 2.69. The molecule has 0 bridgehead atoms. The molecule has 3 rings (SSSR count). The summed E-state index contributed by atoms with van der Waals surface area (Å²) in [6.07, 6.45) is 6.50. The quantitative estimate of drug-likeness (QED) is 0.852.